The van der Waals surface area contributed by atoms with Crippen molar-refractivity contribution in [1.29, 1.82) is 0 Å². The number of aromatic nitrogens is 3. The third-order valence-electron chi connectivity index (χ3n) is 4.93. The molecule has 0 radical (unpaired) electrons. The van der Waals surface area contributed by atoms with E-state index in [1.54, 1.807) is 4.31 Å². The van der Waals surface area contributed by atoms with Crippen LogP contribution < -0.4 is 0 Å². The molecule has 1 saturated carbocycles. The van der Waals surface area contributed by atoms with Gasteiger partial charge in [0.05, 0.1) is 0 Å². The van der Waals surface area contributed by atoms with Gasteiger partial charge in [-0.15, -0.1) is 21.5 Å². The van der Waals surface area contributed by atoms with Gasteiger partial charge in [0.1, 0.15) is 16.4 Å². The minimum Gasteiger partial charge on any atom is -0.314 e. The van der Waals surface area contributed by atoms with Crippen LogP contribution in [-0.4, -0.2) is 40.6 Å². The second kappa shape index (κ2) is 5.93. The summed E-state index contributed by atoms with van der Waals surface area (Å²) in [6.07, 6.45) is 5.86. The Morgan fingerprint density at radius 1 is 1.17 bits per heavy atom. The molecule has 2 aromatic heterocycles. The van der Waals surface area contributed by atoms with Crippen LogP contribution in [0.5, 0.6) is 0 Å². The number of thiophene rings is 1. The summed E-state index contributed by atoms with van der Waals surface area (Å²) in [5, 5.41) is 8.38. The van der Waals surface area contributed by atoms with Crippen LogP contribution in [0, 0.1) is 13.8 Å². The summed E-state index contributed by atoms with van der Waals surface area (Å²) >= 11 is 1.37. The summed E-state index contributed by atoms with van der Waals surface area (Å²) in [4.78, 5) is 1.04. The molecule has 2 aromatic rings. The molecule has 2 aliphatic rings. The fraction of sp³-hybridized carbons (Fsp3) is 0.625. The molecular formula is C16H22N4O2S2. The van der Waals surface area contributed by atoms with E-state index in [-0.39, 0.29) is 0 Å². The SMILES string of the molecule is Cc1cc(C)c(S(=O)(=O)N2CCC(c3nncn3C3CC3)CC2)s1. The smallest absolute Gasteiger partial charge is 0.252 e. The van der Waals surface area contributed by atoms with Gasteiger partial charge in [-0.25, -0.2) is 8.42 Å². The van der Waals surface area contributed by atoms with Gasteiger partial charge in [-0.2, -0.15) is 4.31 Å². The van der Waals surface area contributed by atoms with Crippen molar-refractivity contribution in [2.24, 2.45) is 0 Å². The van der Waals surface area contributed by atoms with Crippen LogP contribution >= 0.6 is 11.3 Å². The molecule has 0 N–H and O–H groups in total. The molecule has 0 amide bonds. The fourth-order valence-corrected chi connectivity index (χ4v) is 6.80. The zero-order valence-corrected chi connectivity index (χ0v) is 15.6. The van der Waals surface area contributed by atoms with E-state index in [0.29, 0.717) is 29.3 Å². The highest BCUT2D eigenvalue weighted by atomic mass is 32.2. The molecule has 24 heavy (non-hydrogen) atoms. The summed E-state index contributed by atoms with van der Waals surface area (Å²) in [5.74, 6) is 1.35. The second-order valence-corrected chi connectivity index (χ2v) is 10.2. The van der Waals surface area contributed by atoms with Crippen molar-refractivity contribution in [1.82, 2.24) is 19.1 Å². The highest BCUT2D eigenvalue weighted by Crippen LogP contribution is 2.39. The van der Waals surface area contributed by atoms with Crippen LogP contribution in [0.2, 0.25) is 0 Å². The van der Waals surface area contributed by atoms with Crippen molar-refractivity contribution >= 4 is 21.4 Å². The number of hydrogen-bond donors (Lipinski definition) is 0. The monoisotopic (exact) mass is 366 g/mol. The molecule has 0 bridgehead atoms. The molecule has 0 spiro atoms. The van der Waals surface area contributed by atoms with Crippen molar-refractivity contribution in [3.05, 3.63) is 28.7 Å². The quantitative estimate of drug-likeness (QED) is 0.834. The fourth-order valence-electron chi connectivity index (χ4n) is 3.53. The molecule has 1 saturated heterocycles. The van der Waals surface area contributed by atoms with Crippen molar-refractivity contribution in [3.8, 4) is 0 Å². The van der Waals surface area contributed by atoms with Crippen molar-refractivity contribution in [2.45, 2.75) is 55.7 Å². The minimum atomic E-state index is -3.37. The lowest BCUT2D eigenvalue weighted by Crippen LogP contribution is -2.38. The predicted molar refractivity (Wildman–Crippen MR) is 92.8 cm³/mol. The molecular weight excluding hydrogens is 344 g/mol. The van der Waals surface area contributed by atoms with Gasteiger partial charge in [0.2, 0.25) is 0 Å². The molecule has 6 nitrogen and oxygen atoms in total. The average molecular weight is 367 g/mol. The Bertz CT molecular complexity index is 843. The Labute approximate surface area is 146 Å². The lowest BCUT2D eigenvalue weighted by molar-refractivity contribution is 0.309. The highest BCUT2D eigenvalue weighted by Gasteiger charge is 2.35. The van der Waals surface area contributed by atoms with Gasteiger partial charge in [0.25, 0.3) is 10.0 Å². The van der Waals surface area contributed by atoms with Crippen molar-refractivity contribution in [2.75, 3.05) is 13.1 Å². The summed E-state index contributed by atoms with van der Waals surface area (Å²) in [7, 11) is -3.37. The maximum absolute atomic E-state index is 12.9. The number of rotatable bonds is 4. The van der Waals surface area contributed by atoms with Gasteiger partial charge in [0, 0.05) is 29.9 Å². The van der Waals surface area contributed by atoms with Gasteiger partial charge in [0.15, 0.2) is 0 Å². The van der Waals surface area contributed by atoms with Crippen LogP contribution in [0.3, 0.4) is 0 Å². The predicted octanol–water partition coefficient (Wildman–Crippen LogP) is 2.86. The first-order chi connectivity index (χ1) is 11.5. The summed E-state index contributed by atoms with van der Waals surface area (Å²) in [6.45, 7) is 4.94. The number of sulfonamides is 1. The zero-order valence-electron chi connectivity index (χ0n) is 14.0. The van der Waals surface area contributed by atoms with E-state index in [9.17, 15) is 8.42 Å². The van der Waals surface area contributed by atoms with Crippen LogP contribution in [0.15, 0.2) is 16.6 Å². The zero-order chi connectivity index (χ0) is 16.9. The lowest BCUT2D eigenvalue weighted by Gasteiger charge is -2.30. The molecule has 1 aliphatic heterocycles. The average Bonchev–Trinajstić information content (AvgIpc) is 3.18. The lowest BCUT2D eigenvalue weighted by atomic mass is 9.97. The summed E-state index contributed by atoms with van der Waals surface area (Å²) in [6, 6.07) is 2.51. The standard InChI is InChI=1S/C16H22N4O2S2/c1-11-9-12(2)23-16(11)24(21,22)19-7-5-13(6-8-19)15-18-17-10-20(15)14-3-4-14/h9-10,13-14H,3-8H2,1-2H3. The van der Waals surface area contributed by atoms with Crippen LogP contribution in [0.4, 0.5) is 0 Å². The first kappa shape index (κ1) is 16.2. The van der Waals surface area contributed by atoms with E-state index in [4.69, 9.17) is 0 Å². The first-order valence-electron chi connectivity index (χ1n) is 8.43. The summed E-state index contributed by atoms with van der Waals surface area (Å²) in [5.41, 5.74) is 0.855. The third-order valence-corrected chi connectivity index (χ3v) is 8.59. The minimum absolute atomic E-state index is 0.311. The number of hydrogen-bond acceptors (Lipinski definition) is 5. The van der Waals surface area contributed by atoms with Crippen molar-refractivity contribution < 1.29 is 8.42 Å². The van der Waals surface area contributed by atoms with Gasteiger partial charge in [-0.05, 0) is 51.2 Å². The second-order valence-electron chi connectivity index (χ2n) is 6.83. The normalized spacial score (nSPS) is 20.6. The van der Waals surface area contributed by atoms with Gasteiger partial charge < -0.3 is 4.57 Å². The van der Waals surface area contributed by atoms with Gasteiger partial charge >= 0.3 is 0 Å². The molecule has 8 heteroatoms. The Kier molecular flexibility index (Phi) is 4.01. The number of nitrogens with zero attached hydrogens (tertiary/aromatic N) is 4. The molecule has 4 rings (SSSR count). The molecule has 3 heterocycles. The van der Waals surface area contributed by atoms with E-state index in [1.165, 1.54) is 24.2 Å². The Morgan fingerprint density at radius 2 is 1.88 bits per heavy atom. The maximum atomic E-state index is 12.9. The number of piperidine rings is 1. The van der Waals surface area contributed by atoms with Crippen LogP contribution in [-0.2, 0) is 10.0 Å². The van der Waals surface area contributed by atoms with E-state index < -0.39 is 10.0 Å². The molecule has 2 fully saturated rings. The summed E-state index contributed by atoms with van der Waals surface area (Å²) < 4.78 is 30.1. The number of aryl methyl sites for hydroxylation is 2. The van der Waals surface area contributed by atoms with Crippen LogP contribution in [0.1, 0.15) is 53.9 Å². The van der Waals surface area contributed by atoms with Gasteiger partial charge in [-0.1, -0.05) is 0 Å². The largest absolute Gasteiger partial charge is 0.314 e. The molecule has 130 valence electrons. The van der Waals surface area contributed by atoms with Gasteiger partial charge in [-0.3, -0.25) is 0 Å². The van der Waals surface area contributed by atoms with E-state index in [1.807, 2.05) is 26.2 Å². The van der Waals surface area contributed by atoms with E-state index in [2.05, 4.69) is 14.8 Å². The van der Waals surface area contributed by atoms with Crippen LogP contribution in [0.25, 0.3) is 0 Å². The van der Waals surface area contributed by atoms with E-state index in [0.717, 1.165) is 29.1 Å². The molecule has 0 unspecified atom stereocenters. The highest BCUT2D eigenvalue weighted by molar-refractivity contribution is 7.91. The Morgan fingerprint density at radius 3 is 2.46 bits per heavy atom. The Hall–Kier alpha value is -1.25. The molecule has 0 aromatic carbocycles. The topological polar surface area (TPSA) is 68.1 Å². The first-order valence-corrected chi connectivity index (χ1v) is 10.7. The third kappa shape index (κ3) is 2.80. The molecule has 0 atom stereocenters. The Balaban J connectivity index is 1.49. The maximum Gasteiger partial charge on any atom is 0.252 e. The van der Waals surface area contributed by atoms with Crippen molar-refractivity contribution in [3.63, 3.8) is 0 Å². The van der Waals surface area contributed by atoms with E-state index >= 15 is 0 Å². The molecule has 1 aliphatic carbocycles.